The van der Waals surface area contributed by atoms with Crippen LogP contribution < -0.4 is 10.7 Å². The first-order valence-corrected chi connectivity index (χ1v) is 9.31. The fraction of sp³-hybridized carbons (Fsp3) is 0.182. The maximum atomic E-state index is 12.7. The summed E-state index contributed by atoms with van der Waals surface area (Å²) in [4.78, 5) is 28.1. The molecule has 0 radical (unpaired) electrons. The van der Waals surface area contributed by atoms with Crippen molar-refractivity contribution < 1.29 is 15.0 Å². The number of fused-ring (bicyclic) bond motifs is 1. The van der Waals surface area contributed by atoms with Crippen molar-refractivity contribution in [3.05, 3.63) is 80.6 Å². The molecule has 29 heavy (non-hydrogen) atoms. The number of H-pyrrole nitrogens is 1. The van der Waals surface area contributed by atoms with E-state index in [1.807, 2.05) is 0 Å². The van der Waals surface area contributed by atoms with Crippen LogP contribution in [0.4, 0.5) is 0 Å². The minimum absolute atomic E-state index is 0.000945. The van der Waals surface area contributed by atoms with Crippen molar-refractivity contribution in [2.24, 2.45) is 0 Å². The highest BCUT2D eigenvalue weighted by Crippen LogP contribution is 2.12. The van der Waals surface area contributed by atoms with Crippen LogP contribution >= 0.6 is 11.6 Å². The molecule has 1 atom stereocenters. The lowest BCUT2D eigenvalue weighted by Gasteiger charge is -2.12. The zero-order valence-electron chi connectivity index (χ0n) is 15.4. The molecule has 2 aromatic carbocycles. The van der Waals surface area contributed by atoms with Gasteiger partial charge in [-0.1, -0.05) is 35.6 Å². The lowest BCUT2D eigenvalue weighted by Crippen LogP contribution is -2.35. The number of carbonyl (C=O) groups excluding carboxylic acids is 1. The third kappa shape index (κ3) is 5.24. The fourth-order valence-electron chi connectivity index (χ4n) is 2.88. The van der Waals surface area contributed by atoms with Gasteiger partial charge in [0.1, 0.15) is 12.2 Å². The van der Waals surface area contributed by atoms with E-state index in [4.69, 9.17) is 16.7 Å². The first-order chi connectivity index (χ1) is 14.0. The number of carbonyl (C=O) groups is 1. The molecule has 0 aliphatic heterocycles. The summed E-state index contributed by atoms with van der Waals surface area (Å²) in [6, 6.07) is 12.1. The number of nitrogens with one attached hydrogen (secondary N) is 2. The summed E-state index contributed by atoms with van der Waals surface area (Å²) in [5.41, 5.74) is 1.53. The summed E-state index contributed by atoms with van der Waals surface area (Å²) in [5, 5.41) is 22.5. The molecule has 1 aromatic heterocycles. The average molecular weight is 411 g/mol. The quantitative estimate of drug-likeness (QED) is 0.482. The number of rotatable bonds is 5. The number of aromatic amines is 1. The van der Waals surface area contributed by atoms with Gasteiger partial charge in [0.15, 0.2) is 0 Å². The minimum atomic E-state index is -0.806. The van der Waals surface area contributed by atoms with E-state index in [2.05, 4.69) is 22.1 Å². The van der Waals surface area contributed by atoms with Crippen LogP contribution in [0.3, 0.4) is 0 Å². The van der Waals surface area contributed by atoms with Crippen LogP contribution in [0.2, 0.25) is 5.02 Å². The summed E-state index contributed by atoms with van der Waals surface area (Å²) in [7, 11) is 0. The minimum Gasteiger partial charge on any atom is -0.391 e. The standard InChI is InChI=1S/C22H19ClN2O4/c23-16-6-3-15(4-7-16)10-17(27)12-25-22(29)19-13-24-20-8-5-14(2-1-9-26)11-18(20)21(19)28/h3-8,11,13,17,26-27H,9-10,12H2,(H,24,28)(H,25,29). The van der Waals surface area contributed by atoms with E-state index in [9.17, 15) is 14.7 Å². The third-order valence-electron chi connectivity index (χ3n) is 4.32. The Morgan fingerprint density at radius 1 is 1.21 bits per heavy atom. The van der Waals surface area contributed by atoms with E-state index in [1.165, 1.54) is 6.20 Å². The molecule has 0 saturated carbocycles. The van der Waals surface area contributed by atoms with E-state index in [0.717, 1.165) is 5.56 Å². The lowest BCUT2D eigenvalue weighted by molar-refractivity contribution is 0.0914. The molecule has 0 spiro atoms. The van der Waals surface area contributed by atoms with Crippen LogP contribution in [-0.2, 0) is 6.42 Å². The molecule has 0 aliphatic rings. The van der Waals surface area contributed by atoms with Gasteiger partial charge in [-0.3, -0.25) is 9.59 Å². The number of benzene rings is 2. The molecule has 0 saturated heterocycles. The average Bonchev–Trinajstić information content (AvgIpc) is 2.72. The lowest BCUT2D eigenvalue weighted by atomic mass is 10.1. The SMILES string of the molecule is O=C(NCC(O)Cc1ccc(Cl)cc1)c1c[nH]c2ccc(C#CCO)cc2c1=O. The smallest absolute Gasteiger partial charge is 0.256 e. The highest BCUT2D eigenvalue weighted by molar-refractivity contribution is 6.30. The number of aliphatic hydroxyl groups excluding tert-OH is 2. The normalized spacial score (nSPS) is 11.6. The van der Waals surface area contributed by atoms with Crippen molar-refractivity contribution in [3.63, 3.8) is 0 Å². The molecule has 3 rings (SSSR count). The van der Waals surface area contributed by atoms with Crippen molar-refractivity contribution in [2.75, 3.05) is 13.2 Å². The Kier molecular flexibility index (Phi) is 6.68. The van der Waals surface area contributed by atoms with Gasteiger partial charge >= 0.3 is 0 Å². The predicted octanol–water partition coefficient (Wildman–Crippen LogP) is 1.86. The van der Waals surface area contributed by atoms with E-state index in [-0.39, 0.29) is 18.7 Å². The Labute approximate surface area is 172 Å². The number of amides is 1. The van der Waals surface area contributed by atoms with Crippen LogP contribution in [0, 0.1) is 11.8 Å². The molecule has 148 valence electrons. The third-order valence-corrected chi connectivity index (χ3v) is 4.57. The van der Waals surface area contributed by atoms with Crippen molar-refractivity contribution in [1.29, 1.82) is 0 Å². The van der Waals surface area contributed by atoms with Gasteiger partial charge in [0, 0.05) is 40.7 Å². The van der Waals surface area contributed by atoms with E-state index >= 15 is 0 Å². The van der Waals surface area contributed by atoms with Gasteiger partial charge in [-0.2, -0.15) is 0 Å². The molecular weight excluding hydrogens is 392 g/mol. The molecule has 7 heteroatoms. The van der Waals surface area contributed by atoms with E-state index in [1.54, 1.807) is 42.5 Å². The number of aliphatic hydroxyl groups is 2. The van der Waals surface area contributed by atoms with Crippen molar-refractivity contribution in [3.8, 4) is 11.8 Å². The Morgan fingerprint density at radius 2 is 1.97 bits per heavy atom. The van der Waals surface area contributed by atoms with E-state index in [0.29, 0.717) is 27.9 Å². The summed E-state index contributed by atoms with van der Waals surface area (Å²) >= 11 is 5.84. The Balaban J connectivity index is 1.72. The molecule has 0 bridgehead atoms. The van der Waals surface area contributed by atoms with Crippen LogP contribution in [-0.4, -0.2) is 40.4 Å². The molecule has 1 heterocycles. The molecule has 0 fully saturated rings. The molecule has 3 aromatic rings. The second kappa shape index (κ2) is 9.39. The zero-order valence-corrected chi connectivity index (χ0v) is 16.2. The van der Waals surface area contributed by atoms with Crippen LogP contribution in [0.1, 0.15) is 21.5 Å². The fourth-order valence-corrected chi connectivity index (χ4v) is 3.00. The van der Waals surface area contributed by atoms with E-state index < -0.39 is 17.4 Å². The Hall–Kier alpha value is -3.11. The van der Waals surface area contributed by atoms with Gasteiger partial charge in [0.25, 0.3) is 5.91 Å². The first kappa shape index (κ1) is 20.6. The Morgan fingerprint density at radius 3 is 2.69 bits per heavy atom. The molecule has 6 nitrogen and oxygen atoms in total. The topological polar surface area (TPSA) is 102 Å². The maximum absolute atomic E-state index is 12.7. The van der Waals surface area contributed by atoms with Gasteiger partial charge in [-0.15, -0.1) is 0 Å². The van der Waals surface area contributed by atoms with Gasteiger partial charge in [-0.25, -0.2) is 0 Å². The molecule has 1 unspecified atom stereocenters. The number of pyridine rings is 1. The summed E-state index contributed by atoms with van der Waals surface area (Å²) in [6.45, 7) is -0.282. The molecule has 0 aliphatic carbocycles. The summed E-state index contributed by atoms with van der Waals surface area (Å²) in [5.74, 6) is 4.68. The predicted molar refractivity (Wildman–Crippen MR) is 112 cm³/mol. The highest BCUT2D eigenvalue weighted by atomic mass is 35.5. The molecule has 1 amide bonds. The van der Waals surface area contributed by atoms with Gasteiger partial charge < -0.3 is 20.5 Å². The van der Waals surface area contributed by atoms with Crippen molar-refractivity contribution in [1.82, 2.24) is 10.3 Å². The van der Waals surface area contributed by atoms with Crippen LogP contribution in [0.15, 0.2) is 53.5 Å². The molecule has 4 N–H and O–H groups in total. The van der Waals surface area contributed by atoms with Gasteiger partial charge in [-0.05, 0) is 35.9 Å². The molecular formula is C22H19ClN2O4. The summed E-state index contributed by atoms with van der Waals surface area (Å²) < 4.78 is 0. The monoisotopic (exact) mass is 410 g/mol. The van der Waals surface area contributed by atoms with Crippen LogP contribution in [0.25, 0.3) is 10.9 Å². The summed E-state index contributed by atoms with van der Waals surface area (Å²) in [6.07, 6.45) is 0.892. The first-order valence-electron chi connectivity index (χ1n) is 8.94. The number of hydrogen-bond acceptors (Lipinski definition) is 4. The van der Waals surface area contributed by atoms with Crippen LogP contribution in [0.5, 0.6) is 0 Å². The number of hydrogen-bond donors (Lipinski definition) is 4. The highest BCUT2D eigenvalue weighted by Gasteiger charge is 2.15. The van der Waals surface area contributed by atoms with Crippen molar-refractivity contribution >= 4 is 28.4 Å². The number of halogens is 1. The maximum Gasteiger partial charge on any atom is 0.256 e. The zero-order chi connectivity index (χ0) is 20.8. The number of aromatic nitrogens is 1. The largest absolute Gasteiger partial charge is 0.391 e. The second-order valence-electron chi connectivity index (χ2n) is 6.45. The van der Waals surface area contributed by atoms with Gasteiger partial charge in [0.2, 0.25) is 5.43 Å². The van der Waals surface area contributed by atoms with Gasteiger partial charge in [0.05, 0.1) is 6.10 Å². The second-order valence-corrected chi connectivity index (χ2v) is 6.88. The Bertz CT molecular complexity index is 1140. The van der Waals surface area contributed by atoms with Crippen molar-refractivity contribution in [2.45, 2.75) is 12.5 Å².